The van der Waals surface area contributed by atoms with Crippen LogP contribution < -0.4 is 4.90 Å². The number of anilines is 1. The van der Waals surface area contributed by atoms with E-state index in [1.165, 1.54) is 12.4 Å². The summed E-state index contributed by atoms with van der Waals surface area (Å²) in [5.74, 6) is 0.589. The lowest BCUT2D eigenvalue weighted by Crippen LogP contribution is -2.37. The van der Waals surface area contributed by atoms with Crippen molar-refractivity contribution < 1.29 is 9.50 Å². The van der Waals surface area contributed by atoms with Crippen molar-refractivity contribution in [1.29, 1.82) is 0 Å². The molecule has 0 bridgehead atoms. The van der Waals surface area contributed by atoms with Gasteiger partial charge in [-0.1, -0.05) is 6.07 Å². The Kier molecular flexibility index (Phi) is 3.29. The van der Waals surface area contributed by atoms with E-state index in [-0.39, 0.29) is 18.3 Å². The molecule has 4 nitrogen and oxygen atoms in total. The molecular formula is C14H16FN3O. The summed E-state index contributed by atoms with van der Waals surface area (Å²) < 4.78 is 14.0. The molecule has 0 amide bonds. The van der Waals surface area contributed by atoms with Gasteiger partial charge in [0.2, 0.25) is 0 Å². The van der Waals surface area contributed by atoms with Gasteiger partial charge in [-0.25, -0.2) is 14.4 Å². The summed E-state index contributed by atoms with van der Waals surface area (Å²) in [6.07, 6.45) is 3.48. The van der Waals surface area contributed by atoms with Gasteiger partial charge in [0, 0.05) is 19.7 Å². The smallest absolute Gasteiger partial charge is 0.142 e. The van der Waals surface area contributed by atoms with E-state index in [4.69, 9.17) is 0 Å². The summed E-state index contributed by atoms with van der Waals surface area (Å²) in [5.41, 5.74) is 0.621. The SMILES string of the molecule is OC[C@H]1CCCN(c2ncnc3cccc(F)c23)C1. The van der Waals surface area contributed by atoms with E-state index in [0.29, 0.717) is 16.7 Å². The number of fused-ring (bicyclic) bond motifs is 1. The number of piperidine rings is 1. The van der Waals surface area contributed by atoms with Crippen molar-refractivity contribution in [2.45, 2.75) is 12.8 Å². The predicted octanol–water partition coefficient (Wildman–Crippen LogP) is 1.98. The maximum atomic E-state index is 14.0. The lowest BCUT2D eigenvalue weighted by atomic mass is 9.99. The monoisotopic (exact) mass is 261 g/mol. The minimum Gasteiger partial charge on any atom is -0.396 e. The molecule has 1 atom stereocenters. The third-order valence-electron chi connectivity index (χ3n) is 3.67. The predicted molar refractivity (Wildman–Crippen MR) is 71.5 cm³/mol. The van der Waals surface area contributed by atoms with Crippen LogP contribution in [0, 0.1) is 11.7 Å². The van der Waals surface area contributed by atoms with Gasteiger partial charge in [0.25, 0.3) is 0 Å². The number of hydrogen-bond donors (Lipinski definition) is 1. The molecule has 0 radical (unpaired) electrons. The summed E-state index contributed by atoms with van der Waals surface area (Å²) in [6, 6.07) is 4.88. The molecule has 2 aromatic rings. The molecule has 1 saturated heterocycles. The number of benzene rings is 1. The van der Waals surface area contributed by atoms with Crippen LogP contribution in [0.5, 0.6) is 0 Å². The van der Waals surface area contributed by atoms with E-state index in [0.717, 1.165) is 25.9 Å². The Balaban J connectivity index is 2.05. The van der Waals surface area contributed by atoms with E-state index >= 15 is 0 Å². The summed E-state index contributed by atoms with van der Waals surface area (Å²) in [7, 11) is 0. The molecule has 3 rings (SSSR count). The van der Waals surface area contributed by atoms with Crippen molar-refractivity contribution >= 4 is 16.7 Å². The van der Waals surface area contributed by atoms with E-state index in [9.17, 15) is 9.50 Å². The van der Waals surface area contributed by atoms with Crippen molar-refractivity contribution in [2.24, 2.45) is 5.92 Å². The Morgan fingerprint density at radius 3 is 3.11 bits per heavy atom. The third kappa shape index (κ3) is 2.26. The van der Waals surface area contributed by atoms with E-state index in [1.54, 1.807) is 12.1 Å². The second-order valence-corrected chi connectivity index (χ2v) is 4.97. The molecule has 100 valence electrons. The van der Waals surface area contributed by atoms with Gasteiger partial charge >= 0.3 is 0 Å². The highest BCUT2D eigenvalue weighted by Gasteiger charge is 2.22. The molecule has 1 aliphatic heterocycles. The van der Waals surface area contributed by atoms with Gasteiger partial charge in [0.1, 0.15) is 18.0 Å². The number of aromatic nitrogens is 2. The first-order valence-electron chi connectivity index (χ1n) is 6.54. The Morgan fingerprint density at radius 1 is 1.37 bits per heavy atom. The van der Waals surface area contributed by atoms with Gasteiger partial charge in [-0.2, -0.15) is 0 Å². The van der Waals surface area contributed by atoms with E-state index < -0.39 is 0 Å². The average molecular weight is 261 g/mol. The molecule has 1 aromatic carbocycles. The van der Waals surface area contributed by atoms with Gasteiger partial charge in [-0.05, 0) is 30.9 Å². The zero-order valence-electron chi connectivity index (χ0n) is 10.6. The lowest BCUT2D eigenvalue weighted by molar-refractivity contribution is 0.208. The summed E-state index contributed by atoms with van der Waals surface area (Å²) in [6.45, 7) is 1.73. The van der Waals surface area contributed by atoms with Crippen molar-refractivity contribution in [3.63, 3.8) is 0 Å². The standard InChI is InChI=1S/C14H16FN3O/c15-11-4-1-5-12-13(11)14(17-9-16-12)18-6-2-3-10(7-18)8-19/h1,4-5,9-10,19H,2-3,6-8H2/t10-/m0/s1. The fraction of sp³-hybridized carbons (Fsp3) is 0.429. The molecule has 2 heterocycles. The quantitative estimate of drug-likeness (QED) is 0.898. The first-order valence-corrected chi connectivity index (χ1v) is 6.54. The first kappa shape index (κ1) is 12.3. The Labute approximate surface area is 110 Å². The molecule has 0 spiro atoms. The van der Waals surface area contributed by atoms with Gasteiger partial charge in [0.05, 0.1) is 10.9 Å². The molecule has 5 heteroatoms. The van der Waals surface area contributed by atoms with Crippen molar-refractivity contribution in [1.82, 2.24) is 9.97 Å². The summed E-state index contributed by atoms with van der Waals surface area (Å²) in [5, 5.41) is 9.77. The Bertz CT molecular complexity index is 585. The van der Waals surface area contributed by atoms with Gasteiger partial charge in [-0.3, -0.25) is 0 Å². The molecule has 1 aromatic heterocycles. The van der Waals surface area contributed by atoms with Gasteiger partial charge in [0.15, 0.2) is 0 Å². The maximum Gasteiger partial charge on any atom is 0.142 e. The number of aliphatic hydroxyl groups excluding tert-OH is 1. The third-order valence-corrected chi connectivity index (χ3v) is 3.67. The van der Waals surface area contributed by atoms with Gasteiger partial charge in [-0.15, -0.1) is 0 Å². The maximum absolute atomic E-state index is 14.0. The zero-order chi connectivity index (χ0) is 13.2. The largest absolute Gasteiger partial charge is 0.396 e. The van der Waals surface area contributed by atoms with E-state index in [1.807, 2.05) is 0 Å². The number of rotatable bonds is 2. The highest BCUT2D eigenvalue weighted by atomic mass is 19.1. The van der Waals surface area contributed by atoms with Crippen LogP contribution in [0.25, 0.3) is 10.9 Å². The van der Waals surface area contributed by atoms with Crippen LogP contribution in [0.15, 0.2) is 24.5 Å². The van der Waals surface area contributed by atoms with Gasteiger partial charge < -0.3 is 10.0 Å². The molecule has 1 fully saturated rings. The molecule has 0 aliphatic carbocycles. The van der Waals surface area contributed by atoms with Crippen molar-refractivity contribution in [3.8, 4) is 0 Å². The molecule has 1 N–H and O–H groups in total. The van der Waals surface area contributed by atoms with Crippen LogP contribution in [0.4, 0.5) is 10.2 Å². The Morgan fingerprint density at radius 2 is 2.26 bits per heavy atom. The van der Waals surface area contributed by atoms with Crippen LogP contribution >= 0.6 is 0 Å². The van der Waals surface area contributed by atoms with Crippen LogP contribution in [0.1, 0.15) is 12.8 Å². The fourth-order valence-corrected chi connectivity index (χ4v) is 2.70. The highest BCUT2D eigenvalue weighted by molar-refractivity contribution is 5.89. The average Bonchev–Trinajstić information content (AvgIpc) is 2.47. The van der Waals surface area contributed by atoms with Crippen LogP contribution in [-0.4, -0.2) is 34.8 Å². The summed E-state index contributed by atoms with van der Waals surface area (Å²) in [4.78, 5) is 10.4. The van der Waals surface area contributed by atoms with Crippen molar-refractivity contribution in [2.75, 3.05) is 24.6 Å². The molecule has 1 aliphatic rings. The molecule has 0 saturated carbocycles. The number of halogens is 1. The molecular weight excluding hydrogens is 245 g/mol. The topological polar surface area (TPSA) is 49.2 Å². The normalized spacial score (nSPS) is 19.9. The van der Waals surface area contributed by atoms with Crippen molar-refractivity contribution in [3.05, 3.63) is 30.3 Å². The van der Waals surface area contributed by atoms with Crippen LogP contribution in [0.2, 0.25) is 0 Å². The number of aliphatic hydroxyl groups is 1. The van der Waals surface area contributed by atoms with Crippen LogP contribution in [0.3, 0.4) is 0 Å². The lowest BCUT2D eigenvalue weighted by Gasteiger charge is -2.33. The second-order valence-electron chi connectivity index (χ2n) is 4.97. The summed E-state index contributed by atoms with van der Waals surface area (Å²) >= 11 is 0. The molecule has 19 heavy (non-hydrogen) atoms. The van der Waals surface area contributed by atoms with E-state index in [2.05, 4.69) is 14.9 Å². The zero-order valence-corrected chi connectivity index (χ0v) is 10.6. The number of nitrogens with zero attached hydrogens (tertiary/aromatic N) is 3. The minimum atomic E-state index is -0.292. The first-order chi connectivity index (χ1) is 9.29. The second kappa shape index (κ2) is 5.09. The highest BCUT2D eigenvalue weighted by Crippen LogP contribution is 2.28. The van der Waals surface area contributed by atoms with Crippen LogP contribution in [-0.2, 0) is 0 Å². The Hall–Kier alpha value is -1.75. The fourth-order valence-electron chi connectivity index (χ4n) is 2.70. The number of hydrogen-bond acceptors (Lipinski definition) is 4. The minimum absolute atomic E-state index is 0.169. The molecule has 0 unspecified atom stereocenters.